The van der Waals surface area contributed by atoms with Crippen LogP contribution in [0.4, 0.5) is 5.69 Å². The van der Waals surface area contributed by atoms with Gasteiger partial charge in [0.05, 0.1) is 5.69 Å². The van der Waals surface area contributed by atoms with Gasteiger partial charge in [-0.25, -0.2) is 8.42 Å². The van der Waals surface area contributed by atoms with E-state index in [0.29, 0.717) is 16.4 Å². The molecule has 1 aromatic carbocycles. The fraction of sp³-hybridized carbons (Fsp3) is 0.286. The first kappa shape index (κ1) is 15.0. The van der Waals surface area contributed by atoms with Gasteiger partial charge in [0.25, 0.3) is 10.0 Å². The Kier molecular flexibility index (Phi) is 4.80. The summed E-state index contributed by atoms with van der Waals surface area (Å²) in [5.74, 6) is 0. The minimum atomic E-state index is -3.50. The topological polar surface area (TPSA) is 58.2 Å². The summed E-state index contributed by atoms with van der Waals surface area (Å²) in [5, 5.41) is 3.20. The van der Waals surface area contributed by atoms with Crippen LogP contribution >= 0.6 is 11.3 Å². The quantitative estimate of drug-likeness (QED) is 0.862. The van der Waals surface area contributed by atoms with Crippen molar-refractivity contribution in [1.29, 1.82) is 0 Å². The van der Waals surface area contributed by atoms with Gasteiger partial charge >= 0.3 is 0 Å². The Hall–Kier alpha value is -1.37. The number of anilines is 1. The van der Waals surface area contributed by atoms with Gasteiger partial charge in [0.2, 0.25) is 0 Å². The van der Waals surface area contributed by atoms with Crippen molar-refractivity contribution in [1.82, 2.24) is 5.32 Å². The van der Waals surface area contributed by atoms with Crippen LogP contribution in [0.15, 0.2) is 40.6 Å². The van der Waals surface area contributed by atoms with E-state index >= 15 is 0 Å². The molecule has 2 rings (SSSR count). The normalized spacial score (nSPS) is 11.5. The molecule has 20 heavy (non-hydrogen) atoms. The molecular weight excluding hydrogens is 292 g/mol. The highest BCUT2D eigenvalue weighted by Crippen LogP contribution is 2.25. The van der Waals surface area contributed by atoms with E-state index in [9.17, 15) is 8.42 Å². The fourth-order valence-electron chi connectivity index (χ4n) is 1.79. The van der Waals surface area contributed by atoms with Gasteiger partial charge in [-0.3, -0.25) is 4.72 Å². The maximum Gasteiger partial charge on any atom is 0.271 e. The van der Waals surface area contributed by atoms with Crippen molar-refractivity contribution >= 4 is 27.0 Å². The number of para-hydroxylation sites is 1. The number of aryl methyl sites for hydroxylation is 1. The lowest BCUT2D eigenvalue weighted by molar-refractivity contribution is 0.603. The van der Waals surface area contributed by atoms with Crippen LogP contribution in [0.5, 0.6) is 0 Å². The molecule has 0 spiro atoms. The van der Waals surface area contributed by atoms with E-state index in [1.807, 2.05) is 38.1 Å². The molecule has 1 aromatic heterocycles. The summed E-state index contributed by atoms with van der Waals surface area (Å²) in [6.45, 7) is 5.38. The van der Waals surface area contributed by atoms with Crippen molar-refractivity contribution in [2.75, 3.05) is 11.3 Å². The standard InChI is InChI=1S/C14H18N2O2S2/c1-3-15-10-12-6-4-5-7-13(12)16-20(17,18)14-9-8-11(2)19-14/h4-9,15-16H,3,10H2,1-2H3. The molecule has 0 fully saturated rings. The first-order valence-corrected chi connectivity index (χ1v) is 8.71. The molecule has 0 aliphatic heterocycles. The van der Waals surface area contributed by atoms with Gasteiger partial charge < -0.3 is 5.32 Å². The zero-order valence-corrected chi connectivity index (χ0v) is 13.1. The number of benzene rings is 1. The monoisotopic (exact) mass is 310 g/mol. The molecule has 0 unspecified atom stereocenters. The van der Waals surface area contributed by atoms with Crippen LogP contribution in [-0.2, 0) is 16.6 Å². The number of thiophene rings is 1. The second kappa shape index (κ2) is 6.39. The predicted octanol–water partition coefficient (Wildman–Crippen LogP) is 2.97. The van der Waals surface area contributed by atoms with Crippen LogP contribution in [-0.4, -0.2) is 15.0 Å². The molecule has 0 atom stereocenters. The summed E-state index contributed by atoms with van der Waals surface area (Å²) in [4.78, 5) is 0.978. The highest BCUT2D eigenvalue weighted by molar-refractivity contribution is 7.94. The Balaban J connectivity index is 2.25. The summed E-state index contributed by atoms with van der Waals surface area (Å²) >= 11 is 1.27. The average molecular weight is 310 g/mol. The first-order chi connectivity index (χ1) is 9.53. The van der Waals surface area contributed by atoms with Gasteiger partial charge in [0.1, 0.15) is 4.21 Å². The van der Waals surface area contributed by atoms with E-state index in [4.69, 9.17) is 0 Å². The summed E-state index contributed by atoms with van der Waals surface area (Å²) in [7, 11) is -3.50. The predicted molar refractivity (Wildman–Crippen MR) is 83.7 cm³/mol. The average Bonchev–Trinajstić information content (AvgIpc) is 2.85. The Morgan fingerprint density at radius 3 is 2.55 bits per heavy atom. The van der Waals surface area contributed by atoms with Crippen LogP contribution in [0, 0.1) is 6.92 Å². The van der Waals surface area contributed by atoms with Crippen molar-refractivity contribution in [3.8, 4) is 0 Å². The summed E-state index contributed by atoms with van der Waals surface area (Å²) < 4.78 is 27.6. The van der Waals surface area contributed by atoms with Crippen LogP contribution in [0.25, 0.3) is 0 Å². The number of rotatable bonds is 6. The highest BCUT2D eigenvalue weighted by Gasteiger charge is 2.17. The maximum absolute atomic E-state index is 12.3. The van der Waals surface area contributed by atoms with Gasteiger partial charge in [-0.05, 0) is 37.2 Å². The Morgan fingerprint density at radius 2 is 1.90 bits per heavy atom. The van der Waals surface area contributed by atoms with Crippen LogP contribution < -0.4 is 10.0 Å². The number of sulfonamides is 1. The van der Waals surface area contributed by atoms with Gasteiger partial charge in [-0.1, -0.05) is 25.1 Å². The molecular formula is C14H18N2O2S2. The molecule has 0 saturated heterocycles. The molecule has 0 radical (unpaired) electrons. The van der Waals surface area contributed by atoms with Crippen molar-refractivity contribution < 1.29 is 8.42 Å². The molecule has 2 N–H and O–H groups in total. The Morgan fingerprint density at radius 1 is 1.15 bits per heavy atom. The summed E-state index contributed by atoms with van der Waals surface area (Å²) in [5.41, 5.74) is 1.56. The largest absolute Gasteiger partial charge is 0.313 e. The molecule has 0 bridgehead atoms. The lowest BCUT2D eigenvalue weighted by Gasteiger charge is -2.12. The summed E-state index contributed by atoms with van der Waals surface area (Å²) in [6, 6.07) is 10.9. The zero-order valence-electron chi connectivity index (χ0n) is 11.5. The molecule has 6 heteroatoms. The van der Waals surface area contributed by atoms with Crippen molar-refractivity contribution in [2.45, 2.75) is 24.6 Å². The highest BCUT2D eigenvalue weighted by atomic mass is 32.2. The minimum absolute atomic E-state index is 0.341. The maximum atomic E-state index is 12.3. The lowest BCUT2D eigenvalue weighted by Crippen LogP contribution is -2.16. The van der Waals surface area contributed by atoms with Crippen LogP contribution in [0.3, 0.4) is 0 Å². The van der Waals surface area contributed by atoms with E-state index in [1.54, 1.807) is 12.1 Å². The van der Waals surface area contributed by atoms with Crippen molar-refractivity contribution in [3.63, 3.8) is 0 Å². The Labute approximate surface area is 123 Å². The third-order valence-corrected chi connectivity index (χ3v) is 5.67. The fourth-order valence-corrected chi connectivity index (χ4v) is 4.17. The first-order valence-electron chi connectivity index (χ1n) is 6.41. The number of hydrogen-bond acceptors (Lipinski definition) is 4. The minimum Gasteiger partial charge on any atom is -0.313 e. The Bertz CT molecular complexity index is 678. The summed E-state index contributed by atoms with van der Waals surface area (Å²) in [6.07, 6.45) is 0. The van der Waals surface area contributed by atoms with Crippen LogP contribution in [0.2, 0.25) is 0 Å². The van der Waals surface area contributed by atoms with E-state index in [0.717, 1.165) is 17.0 Å². The molecule has 0 amide bonds. The van der Waals surface area contributed by atoms with E-state index in [1.165, 1.54) is 11.3 Å². The van der Waals surface area contributed by atoms with Crippen molar-refractivity contribution in [2.24, 2.45) is 0 Å². The van der Waals surface area contributed by atoms with Crippen molar-refractivity contribution in [3.05, 3.63) is 46.8 Å². The number of hydrogen-bond donors (Lipinski definition) is 2. The molecule has 0 saturated carbocycles. The van der Waals surface area contributed by atoms with E-state index < -0.39 is 10.0 Å². The molecule has 0 aliphatic rings. The molecule has 108 valence electrons. The smallest absolute Gasteiger partial charge is 0.271 e. The molecule has 4 nitrogen and oxygen atoms in total. The molecule has 1 heterocycles. The van der Waals surface area contributed by atoms with Crippen LogP contribution in [0.1, 0.15) is 17.4 Å². The van der Waals surface area contributed by atoms with Gasteiger partial charge in [0.15, 0.2) is 0 Å². The second-order valence-electron chi connectivity index (χ2n) is 4.41. The third-order valence-electron chi connectivity index (χ3n) is 2.81. The second-order valence-corrected chi connectivity index (χ2v) is 7.61. The number of nitrogens with one attached hydrogen (secondary N) is 2. The van der Waals surface area contributed by atoms with E-state index in [2.05, 4.69) is 10.0 Å². The third kappa shape index (κ3) is 3.59. The molecule has 2 aromatic rings. The SMILES string of the molecule is CCNCc1ccccc1NS(=O)(=O)c1ccc(C)s1. The molecule has 0 aliphatic carbocycles. The lowest BCUT2D eigenvalue weighted by atomic mass is 10.2. The van der Waals surface area contributed by atoms with Gasteiger partial charge in [-0.2, -0.15) is 0 Å². The van der Waals surface area contributed by atoms with Gasteiger partial charge in [0, 0.05) is 11.4 Å². The zero-order chi connectivity index (χ0) is 14.6. The van der Waals surface area contributed by atoms with Gasteiger partial charge in [-0.15, -0.1) is 11.3 Å². The van der Waals surface area contributed by atoms with E-state index in [-0.39, 0.29) is 0 Å².